The zero-order chi connectivity index (χ0) is 17.2. The van der Waals surface area contributed by atoms with Crippen molar-refractivity contribution in [1.29, 1.82) is 0 Å². The fourth-order valence-electron chi connectivity index (χ4n) is 3.04. The van der Waals surface area contributed by atoms with Gasteiger partial charge in [-0.3, -0.25) is 9.59 Å². The molecule has 0 saturated carbocycles. The molecule has 1 amide bonds. The number of hydrogen-bond donors (Lipinski definition) is 1. The Hall–Kier alpha value is -3.14. The van der Waals surface area contributed by atoms with Crippen LogP contribution >= 0.6 is 0 Å². The van der Waals surface area contributed by atoms with E-state index in [-0.39, 0.29) is 18.3 Å². The van der Waals surface area contributed by atoms with Crippen molar-refractivity contribution < 1.29 is 14.3 Å². The topological polar surface area (TPSA) is 55.4 Å². The highest BCUT2D eigenvalue weighted by atomic mass is 16.5. The molecule has 0 radical (unpaired) electrons. The van der Waals surface area contributed by atoms with Crippen molar-refractivity contribution in [3.05, 3.63) is 71.8 Å². The molecule has 0 atom stereocenters. The number of benzene rings is 3. The van der Waals surface area contributed by atoms with E-state index in [1.807, 2.05) is 54.6 Å². The van der Waals surface area contributed by atoms with Crippen molar-refractivity contribution in [3.8, 4) is 5.75 Å². The van der Waals surface area contributed by atoms with Crippen molar-refractivity contribution in [2.45, 2.75) is 12.8 Å². The molecular weight excluding hydrogens is 314 g/mol. The molecule has 1 aliphatic heterocycles. The Labute approximate surface area is 145 Å². The number of amides is 1. The summed E-state index contributed by atoms with van der Waals surface area (Å²) in [6.07, 6.45) is 1.17. The first kappa shape index (κ1) is 15.4. The minimum Gasteiger partial charge on any atom is -0.485 e. The SMILES string of the molecule is O=C1CCc2cc(OCC(=O)c3ccc4ccccc4c3)ccc2N1. The number of aryl methyl sites for hydroxylation is 1. The Balaban J connectivity index is 1.47. The van der Waals surface area contributed by atoms with E-state index in [2.05, 4.69) is 5.32 Å². The van der Waals surface area contributed by atoms with Crippen LogP contribution in [0.25, 0.3) is 10.8 Å². The number of carbonyl (C=O) groups excluding carboxylic acids is 2. The summed E-state index contributed by atoms with van der Waals surface area (Å²) in [5.41, 5.74) is 2.50. The second-order valence-electron chi connectivity index (χ2n) is 6.14. The number of ketones is 1. The maximum atomic E-state index is 12.4. The maximum absolute atomic E-state index is 12.4. The van der Waals surface area contributed by atoms with E-state index in [0.29, 0.717) is 24.2 Å². The highest BCUT2D eigenvalue weighted by Crippen LogP contribution is 2.27. The maximum Gasteiger partial charge on any atom is 0.224 e. The fourth-order valence-corrected chi connectivity index (χ4v) is 3.04. The molecule has 1 N–H and O–H groups in total. The standard InChI is InChI=1S/C21H17NO3/c23-20(17-6-5-14-3-1-2-4-15(14)11-17)13-25-18-8-9-19-16(12-18)7-10-21(24)22-19/h1-6,8-9,11-12H,7,10,13H2,(H,22,24). The summed E-state index contributed by atoms with van der Waals surface area (Å²) in [5, 5.41) is 4.98. The van der Waals surface area contributed by atoms with E-state index >= 15 is 0 Å². The molecule has 4 rings (SSSR count). The van der Waals surface area contributed by atoms with E-state index in [1.165, 1.54) is 0 Å². The third kappa shape index (κ3) is 3.24. The van der Waals surface area contributed by atoms with Crippen LogP contribution in [-0.4, -0.2) is 18.3 Å². The van der Waals surface area contributed by atoms with Crippen LogP contribution in [0, 0.1) is 0 Å². The second-order valence-corrected chi connectivity index (χ2v) is 6.14. The molecule has 0 unspecified atom stereocenters. The molecule has 0 spiro atoms. The lowest BCUT2D eigenvalue weighted by Crippen LogP contribution is -2.19. The van der Waals surface area contributed by atoms with Gasteiger partial charge >= 0.3 is 0 Å². The van der Waals surface area contributed by atoms with E-state index in [4.69, 9.17) is 4.74 Å². The number of ether oxygens (including phenoxy) is 1. The fraction of sp³-hybridized carbons (Fsp3) is 0.143. The molecule has 4 heteroatoms. The van der Waals surface area contributed by atoms with Crippen LogP contribution in [0.2, 0.25) is 0 Å². The lowest BCUT2D eigenvalue weighted by Gasteiger charge is -2.17. The molecule has 1 aliphatic rings. The van der Waals surface area contributed by atoms with Gasteiger partial charge in [0.1, 0.15) is 5.75 Å². The lowest BCUT2D eigenvalue weighted by atomic mass is 10.0. The van der Waals surface area contributed by atoms with E-state index in [1.54, 1.807) is 6.07 Å². The minimum absolute atomic E-state index is 0.0104. The molecule has 124 valence electrons. The van der Waals surface area contributed by atoms with E-state index in [0.717, 1.165) is 22.0 Å². The first-order chi connectivity index (χ1) is 12.2. The number of nitrogens with one attached hydrogen (secondary N) is 1. The molecule has 3 aromatic carbocycles. The van der Waals surface area contributed by atoms with Crippen LogP contribution in [0.15, 0.2) is 60.7 Å². The molecule has 3 aromatic rings. The molecule has 0 bridgehead atoms. The number of carbonyl (C=O) groups is 2. The third-order valence-corrected chi connectivity index (χ3v) is 4.41. The summed E-state index contributed by atoms with van der Waals surface area (Å²) >= 11 is 0. The van der Waals surface area contributed by atoms with Crippen LogP contribution in [0.5, 0.6) is 5.75 Å². The predicted molar refractivity (Wildman–Crippen MR) is 97.2 cm³/mol. The molecule has 0 fully saturated rings. The van der Waals surface area contributed by atoms with E-state index in [9.17, 15) is 9.59 Å². The monoisotopic (exact) mass is 331 g/mol. The number of fused-ring (bicyclic) bond motifs is 2. The van der Waals surface area contributed by atoms with Gasteiger partial charge in [-0.15, -0.1) is 0 Å². The summed E-state index contributed by atoms with van der Waals surface area (Å²) < 4.78 is 5.66. The first-order valence-corrected chi connectivity index (χ1v) is 8.27. The molecule has 0 aromatic heterocycles. The lowest BCUT2D eigenvalue weighted by molar-refractivity contribution is -0.116. The van der Waals surface area contributed by atoms with Gasteiger partial charge in [0.2, 0.25) is 5.91 Å². The van der Waals surface area contributed by atoms with Gasteiger partial charge in [0.15, 0.2) is 12.4 Å². The summed E-state index contributed by atoms with van der Waals surface area (Å²) in [5.74, 6) is 0.619. The van der Waals surface area contributed by atoms with Crippen molar-refractivity contribution in [3.63, 3.8) is 0 Å². The molecular formula is C21H17NO3. The molecule has 0 aliphatic carbocycles. The van der Waals surface area contributed by atoms with Gasteiger partial charge in [0.05, 0.1) is 0 Å². The zero-order valence-corrected chi connectivity index (χ0v) is 13.6. The molecule has 25 heavy (non-hydrogen) atoms. The Kier molecular flexibility index (Phi) is 3.94. The van der Waals surface area contributed by atoms with Crippen molar-refractivity contribution in [2.24, 2.45) is 0 Å². The normalized spacial score (nSPS) is 13.2. The smallest absolute Gasteiger partial charge is 0.224 e. The summed E-state index contributed by atoms with van der Waals surface area (Å²) in [7, 11) is 0. The van der Waals surface area contributed by atoms with Gasteiger partial charge in [0, 0.05) is 17.7 Å². The Bertz CT molecular complexity index is 978. The summed E-state index contributed by atoms with van der Waals surface area (Å²) in [4.78, 5) is 23.8. The molecule has 1 heterocycles. The van der Waals surface area contributed by atoms with Crippen molar-refractivity contribution in [2.75, 3.05) is 11.9 Å². The van der Waals surface area contributed by atoms with Crippen LogP contribution in [-0.2, 0) is 11.2 Å². The highest BCUT2D eigenvalue weighted by molar-refractivity contribution is 6.00. The van der Waals surface area contributed by atoms with Gasteiger partial charge in [-0.2, -0.15) is 0 Å². The largest absolute Gasteiger partial charge is 0.485 e. The van der Waals surface area contributed by atoms with Crippen LogP contribution in [0.4, 0.5) is 5.69 Å². The Morgan fingerprint density at radius 2 is 1.80 bits per heavy atom. The van der Waals surface area contributed by atoms with Gasteiger partial charge < -0.3 is 10.1 Å². The summed E-state index contributed by atoms with van der Waals surface area (Å²) in [6.45, 7) is -0.0104. The third-order valence-electron chi connectivity index (χ3n) is 4.41. The predicted octanol–water partition coefficient (Wildman–Crippen LogP) is 3.99. The number of hydrogen-bond acceptors (Lipinski definition) is 3. The molecule has 0 saturated heterocycles. The van der Waals surface area contributed by atoms with Crippen molar-refractivity contribution >= 4 is 28.2 Å². The number of rotatable bonds is 4. The first-order valence-electron chi connectivity index (χ1n) is 8.27. The average molecular weight is 331 g/mol. The van der Waals surface area contributed by atoms with Gasteiger partial charge in [-0.25, -0.2) is 0 Å². The van der Waals surface area contributed by atoms with Crippen LogP contribution < -0.4 is 10.1 Å². The van der Waals surface area contributed by atoms with Crippen LogP contribution in [0.3, 0.4) is 0 Å². The Morgan fingerprint density at radius 3 is 2.68 bits per heavy atom. The molecule has 4 nitrogen and oxygen atoms in total. The van der Waals surface area contributed by atoms with Gasteiger partial charge in [-0.1, -0.05) is 36.4 Å². The van der Waals surface area contributed by atoms with Gasteiger partial charge in [0.25, 0.3) is 0 Å². The van der Waals surface area contributed by atoms with Crippen molar-refractivity contribution in [1.82, 2.24) is 0 Å². The van der Waals surface area contributed by atoms with Crippen LogP contribution in [0.1, 0.15) is 22.3 Å². The number of anilines is 1. The van der Waals surface area contributed by atoms with Gasteiger partial charge in [-0.05, 0) is 47.0 Å². The quantitative estimate of drug-likeness (QED) is 0.736. The second kappa shape index (κ2) is 6.40. The summed E-state index contributed by atoms with van der Waals surface area (Å²) in [6, 6.07) is 19.1. The van der Waals surface area contributed by atoms with E-state index < -0.39 is 0 Å². The number of Topliss-reactive ketones (excluding diaryl/α,β-unsaturated/α-hetero) is 1. The average Bonchev–Trinajstić information content (AvgIpc) is 2.65. The Morgan fingerprint density at radius 1 is 0.960 bits per heavy atom. The zero-order valence-electron chi connectivity index (χ0n) is 13.6. The minimum atomic E-state index is -0.0585. The highest BCUT2D eigenvalue weighted by Gasteiger charge is 2.15.